The lowest BCUT2D eigenvalue weighted by atomic mass is 9.74. The van der Waals surface area contributed by atoms with E-state index in [9.17, 15) is 0 Å². The van der Waals surface area contributed by atoms with Gasteiger partial charge in [-0.2, -0.15) is 5.10 Å². The summed E-state index contributed by atoms with van der Waals surface area (Å²) in [5.74, 6) is 1.48. The smallest absolute Gasteiger partial charge is 0.193 e. The maximum Gasteiger partial charge on any atom is 0.193 e. The van der Waals surface area contributed by atoms with Crippen molar-refractivity contribution in [3.63, 3.8) is 0 Å². The Kier molecular flexibility index (Phi) is 6.11. The Balaban J connectivity index is 1.45. The molecule has 1 aromatic heterocycles. The number of hydrogen-bond donors (Lipinski definition) is 1. The third-order valence-corrected chi connectivity index (χ3v) is 6.60. The Morgan fingerprint density at radius 3 is 2.90 bits per heavy atom. The van der Waals surface area contributed by atoms with E-state index in [0.29, 0.717) is 5.92 Å². The van der Waals surface area contributed by atoms with Gasteiger partial charge >= 0.3 is 0 Å². The van der Waals surface area contributed by atoms with Crippen molar-refractivity contribution in [3.8, 4) is 0 Å². The molecule has 0 amide bonds. The quantitative estimate of drug-likeness (QED) is 0.615. The largest absolute Gasteiger partial charge is 0.381 e. The minimum absolute atomic E-state index is 0.0154. The van der Waals surface area contributed by atoms with Crippen LogP contribution in [0, 0.1) is 0 Å². The van der Waals surface area contributed by atoms with Crippen molar-refractivity contribution in [3.05, 3.63) is 52.8 Å². The average molecular weight is 416 g/mol. The minimum atomic E-state index is 0.0154. The lowest BCUT2D eigenvalue weighted by Crippen LogP contribution is -2.48. The summed E-state index contributed by atoms with van der Waals surface area (Å²) in [5.41, 5.74) is 2.61. The number of benzene rings is 1. The van der Waals surface area contributed by atoms with Crippen molar-refractivity contribution in [2.24, 2.45) is 12.0 Å². The van der Waals surface area contributed by atoms with E-state index in [1.807, 2.05) is 37.1 Å². The predicted molar refractivity (Wildman–Crippen MR) is 117 cm³/mol. The zero-order valence-electron chi connectivity index (χ0n) is 17.3. The van der Waals surface area contributed by atoms with Gasteiger partial charge in [-0.25, -0.2) is 0 Å². The number of rotatable bonds is 4. The maximum atomic E-state index is 6.31. The molecule has 2 aliphatic rings. The van der Waals surface area contributed by atoms with Gasteiger partial charge in [-0.15, -0.1) is 0 Å². The molecule has 0 aliphatic carbocycles. The predicted octanol–water partition coefficient (Wildman–Crippen LogP) is 3.19. The van der Waals surface area contributed by atoms with E-state index in [2.05, 4.69) is 38.6 Å². The second-order valence-electron chi connectivity index (χ2n) is 8.18. The average Bonchev–Trinajstić information content (AvgIpc) is 3.38. The normalized spacial score (nSPS) is 22.1. The van der Waals surface area contributed by atoms with Crippen molar-refractivity contribution in [2.45, 2.75) is 30.6 Å². The summed E-state index contributed by atoms with van der Waals surface area (Å²) in [5, 5.41) is 8.79. The van der Waals surface area contributed by atoms with Gasteiger partial charge in [0.15, 0.2) is 5.96 Å². The summed E-state index contributed by atoms with van der Waals surface area (Å²) in [7, 11) is 3.84. The second-order valence-corrected chi connectivity index (χ2v) is 8.62. The molecule has 0 spiro atoms. The summed E-state index contributed by atoms with van der Waals surface area (Å²) in [6, 6.07) is 8.28. The number of halogens is 1. The molecule has 1 aromatic carbocycles. The third-order valence-electron chi connectivity index (χ3n) is 6.37. The topological polar surface area (TPSA) is 54.7 Å². The first kappa shape index (κ1) is 20.2. The highest BCUT2D eigenvalue weighted by atomic mass is 35.5. The van der Waals surface area contributed by atoms with Gasteiger partial charge in [0.2, 0.25) is 0 Å². The Bertz CT molecular complexity index is 858. The van der Waals surface area contributed by atoms with Crippen LogP contribution < -0.4 is 5.32 Å². The van der Waals surface area contributed by atoms with Crippen LogP contribution in [0.1, 0.15) is 36.3 Å². The van der Waals surface area contributed by atoms with Gasteiger partial charge in [0.25, 0.3) is 0 Å². The molecule has 1 unspecified atom stereocenters. The van der Waals surface area contributed by atoms with Gasteiger partial charge in [-0.05, 0) is 42.5 Å². The molecule has 6 nitrogen and oxygen atoms in total. The molecule has 1 N–H and O–H groups in total. The van der Waals surface area contributed by atoms with Crippen molar-refractivity contribution in [2.75, 3.05) is 39.9 Å². The van der Waals surface area contributed by atoms with Crippen LogP contribution in [0.2, 0.25) is 5.02 Å². The number of guanidine groups is 1. The molecule has 0 radical (unpaired) electrons. The molecule has 29 heavy (non-hydrogen) atoms. The van der Waals surface area contributed by atoms with Crippen LogP contribution in [0.5, 0.6) is 0 Å². The van der Waals surface area contributed by atoms with Gasteiger partial charge in [0, 0.05) is 69.5 Å². The number of ether oxygens (including phenoxy) is 1. The highest BCUT2D eigenvalue weighted by molar-refractivity contribution is 6.30. The monoisotopic (exact) mass is 415 g/mol. The number of aliphatic imine (C=N–C) groups is 1. The number of nitrogens with one attached hydrogen (secondary N) is 1. The zero-order chi connectivity index (χ0) is 20.3. The molecule has 2 aliphatic heterocycles. The molecule has 2 fully saturated rings. The van der Waals surface area contributed by atoms with Crippen LogP contribution >= 0.6 is 11.6 Å². The molecule has 0 bridgehead atoms. The van der Waals surface area contributed by atoms with Crippen LogP contribution in [0.4, 0.5) is 0 Å². The number of likely N-dealkylation sites (tertiary alicyclic amines) is 1. The molecular weight excluding hydrogens is 386 g/mol. The highest BCUT2D eigenvalue weighted by Gasteiger charge is 2.36. The molecule has 2 saturated heterocycles. The lowest BCUT2D eigenvalue weighted by Gasteiger charge is -2.39. The standard InChI is InChI=1S/C22H30ClN5O/c1-24-21(28-9-6-17(15-28)18-13-26-27(2)14-18)25-16-22(7-10-29-11-8-22)19-4-3-5-20(23)12-19/h3-5,12-14,17H,6-11,15-16H2,1-2H3,(H,24,25). The van der Waals surface area contributed by atoms with E-state index in [-0.39, 0.29) is 5.41 Å². The van der Waals surface area contributed by atoms with Crippen LogP contribution in [-0.4, -0.2) is 60.5 Å². The zero-order valence-corrected chi connectivity index (χ0v) is 18.0. The first-order valence-corrected chi connectivity index (χ1v) is 10.8. The molecule has 156 valence electrons. The number of aryl methyl sites for hydroxylation is 1. The summed E-state index contributed by atoms with van der Waals surface area (Å²) in [6.07, 6.45) is 7.20. The van der Waals surface area contributed by atoms with Gasteiger partial charge in [-0.3, -0.25) is 9.67 Å². The fourth-order valence-electron chi connectivity index (χ4n) is 4.60. The summed E-state index contributed by atoms with van der Waals surface area (Å²) in [4.78, 5) is 6.95. The molecule has 0 saturated carbocycles. The van der Waals surface area contributed by atoms with Crippen LogP contribution in [-0.2, 0) is 17.2 Å². The number of aromatic nitrogens is 2. The third kappa shape index (κ3) is 4.43. The molecule has 1 atom stereocenters. The highest BCUT2D eigenvalue weighted by Crippen LogP contribution is 2.35. The van der Waals surface area contributed by atoms with E-state index >= 15 is 0 Å². The van der Waals surface area contributed by atoms with E-state index in [1.165, 1.54) is 11.1 Å². The lowest BCUT2D eigenvalue weighted by molar-refractivity contribution is 0.0512. The van der Waals surface area contributed by atoms with Gasteiger partial charge in [-0.1, -0.05) is 23.7 Å². The van der Waals surface area contributed by atoms with Crippen molar-refractivity contribution in [1.82, 2.24) is 20.0 Å². The molecule has 4 rings (SSSR count). The first-order chi connectivity index (χ1) is 14.1. The second kappa shape index (κ2) is 8.76. The van der Waals surface area contributed by atoms with Gasteiger partial charge in [0.05, 0.1) is 6.20 Å². The van der Waals surface area contributed by atoms with Crippen molar-refractivity contribution < 1.29 is 4.74 Å². The molecular formula is C22H30ClN5O. The van der Waals surface area contributed by atoms with Crippen molar-refractivity contribution >= 4 is 17.6 Å². The number of nitrogens with zero attached hydrogens (tertiary/aromatic N) is 4. The summed E-state index contributed by atoms with van der Waals surface area (Å²) < 4.78 is 7.55. The van der Waals surface area contributed by atoms with Crippen LogP contribution in [0.15, 0.2) is 41.7 Å². The summed E-state index contributed by atoms with van der Waals surface area (Å²) >= 11 is 6.31. The van der Waals surface area contributed by atoms with Gasteiger partial charge < -0.3 is 15.0 Å². The molecule has 3 heterocycles. The Hall–Kier alpha value is -2.05. The van der Waals surface area contributed by atoms with Crippen LogP contribution in [0.3, 0.4) is 0 Å². The summed E-state index contributed by atoms with van der Waals surface area (Å²) in [6.45, 7) is 4.36. The first-order valence-electron chi connectivity index (χ1n) is 10.4. The van der Waals surface area contributed by atoms with E-state index in [0.717, 1.165) is 63.1 Å². The molecule has 7 heteroatoms. The Morgan fingerprint density at radius 1 is 1.38 bits per heavy atom. The SMILES string of the molecule is CN=C(NCC1(c2cccc(Cl)c2)CCOCC1)N1CCC(c2cnn(C)c2)C1. The van der Waals surface area contributed by atoms with Crippen molar-refractivity contribution in [1.29, 1.82) is 0 Å². The maximum absolute atomic E-state index is 6.31. The number of hydrogen-bond acceptors (Lipinski definition) is 3. The Morgan fingerprint density at radius 2 is 2.21 bits per heavy atom. The fourth-order valence-corrected chi connectivity index (χ4v) is 4.79. The molecule has 2 aromatic rings. The fraction of sp³-hybridized carbons (Fsp3) is 0.545. The van der Waals surface area contributed by atoms with E-state index in [4.69, 9.17) is 16.3 Å². The van der Waals surface area contributed by atoms with Gasteiger partial charge in [0.1, 0.15) is 0 Å². The minimum Gasteiger partial charge on any atom is -0.381 e. The Labute approximate surface area is 177 Å². The van der Waals surface area contributed by atoms with E-state index in [1.54, 1.807) is 0 Å². The van der Waals surface area contributed by atoms with Crippen LogP contribution in [0.25, 0.3) is 0 Å². The van der Waals surface area contributed by atoms with E-state index < -0.39 is 0 Å².